The fourth-order valence-electron chi connectivity index (χ4n) is 1.70. The van der Waals surface area contributed by atoms with Crippen LogP contribution in [0.5, 0.6) is 0 Å². The molecule has 0 saturated carbocycles. The maximum atomic E-state index is 6.05. The van der Waals surface area contributed by atoms with Crippen LogP contribution in [0.1, 0.15) is 5.56 Å². The number of nitrogen functional groups attached to an aromatic ring is 1. The first-order chi connectivity index (χ1) is 8.27. The molecule has 2 rings (SSSR count). The van der Waals surface area contributed by atoms with E-state index in [1.807, 2.05) is 48.5 Å². The van der Waals surface area contributed by atoms with E-state index in [1.54, 1.807) is 0 Å². The number of para-hydroxylation sites is 2. The Morgan fingerprint density at radius 2 is 1.71 bits per heavy atom. The minimum absolute atomic E-state index is 0.744. The van der Waals surface area contributed by atoms with Gasteiger partial charge in [-0.25, -0.2) is 0 Å². The van der Waals surface area contributed by atoms with Crippen molar-refractivity contribution in [3.8, 4) is 0 Å². The van der Waals surface area contributed by atoms with Gasteiger partial charge in [-0.05, 0) is 30.2 Å². The minimum Gasteiger partial charge on any atom is -0.399 e. The lowest BCUT2D eigenvalue weighted by Gasteiger charge is -2.09. The largest absolute Gasteiger partial charge is 0.399 e. The Bertz CT molecular complexity index is 452. The third-order valence-electron chi connectivity index (χ3n) is 2.64. The molecule has 0 amide bonds. The lowest BCUT2D eigenvalue weighted by atomic mass is 10.1. The number of anilines is 2. The molecule has 0 heterocycles. The standard InChI is InChI=1S/C14H15ClN2/c15-12-6-2-4-8-14(12)17-10-9-11-5-1-3-7-13(11)16/h1-8,17H,9-10,16H2. The van der Waals surface area contributed by atoms with E-state index in [0.717, 1.165) is 34.9 Å². The second-order valence-electron chi connectivity index (χ2n) is 3.86. The molecule has 0 spiro atoms. The molecule has 3 N–H and O–H groups in total. The van der Waals surface area contributed by atoms with Crippen LogP contribution in [0.4, 0.5) is 11.4 Å². The summed E-state index contributed by atoms with van der Waals surface area (Å²) in [5.41, 5.74) is 8.84. The Morgan fingerprint density at radius 3 is 2.47 bits per heavy atom. The molecular weight excluding hydrogens is 232 g/mol. The summed E-state index contributed by atoms with van der Waals surface area (Å²) in [6.45, 7) is 0.817. The zero-order valence-electron chi connectivity index (χ0n) is 9.49. The van der Waals surface area contributed by atoms with Crippen molar-refractivity contribution in [3.63, 3.8) is 0 Å². The number of hydrogen-bond acceptors (Lipinski definition) is 2. The highest BCUT2D eigenvalue weighted by atomic mass is 35.5. The van der Waals surface area contributed by atoms with Crippen LogP contribution in [0.25, 0.3) is 0 Å². The van der Waals surface area contributed by atoms with Gasteiger partial charge in [-0.15, -0.1) is 0 Å². The van der Waals surface area contributed by atoms with Crippen LogP contribution < -0.4 is 11.1 Å². The number of nitrogens with two attached hydrogens (primary N) is 1. The van der Waals surface area contributed by atoms with Crippen molar-refractivity contribution in [2.75, 3.05) is 17.6 Å². The molecule has 0 unspecified atom stereocenters. The van der Waals surface area contributed by atoms with Gasteiger partial charge in [0.25, 0.3) is 0 Å². The number of benzene rings is 2. The average molecular weight is 247 g/mol. The highest BCUT2D eigenvalue weighted by molar-refractivity contribution is 6.33. The molecule has 0 aliphatic rings. The quantitative estimate of drug-likeness (QED) is 0.810. The molecule has 2 aromatic rings. The second-order valence-corrected chi connectivity index (χ2v) is 4.26. The van der Waals surface area contributed by atoms with Crippen molar-refractivity contribution in [3.05, 3.63) is 59.1 Å². The van der Waals surface area contributed by atoms with Crippen LogP contribution in [-0.4, -0.2) is 6.54 Å². The highest BCUT2D eigenvalue weighted by Crippen LogP contribution is 2.20. The molecule has 0 radical (unpaired) electrons. The minimum atomic E-state index is 0.744. The number of rotatable bonds is 4. The molecule has 0 aliphatic carbocycles. The Kier molecular flexibility index (Phi) is 3.89. The number of hydrogen-bond donors (Lipinski definition) is 2. The summed E-state index contributed by atoms with van der Waals surface area (Å²) in [7, 11) is 0. The van der Waals surface area contributed by atoms with Gasteiger partial charge in [0.1, 0.15) is 0 Å². The summed E-state index contributed by atoms with van der Waals surface area (Å²) in [5, 5.41) is 4.05. The summed E-state index contributed by atoms with van der Waals surface area (Å²) in [5.74, 6) is 0. The Hall–Kier alpha value is -1.67. The van der Waals surface area contributed by atoms with Crippen molar-refractivity contribution >= 4 is 23.0 Å². The Morgan fingerprint density at radius 1 is 1.00 bits per heavy atom. The van der Waals surface area contributed by atoms with E-state index in [0.29, 0.717) is 0 Å². The van der Waals surface area contributed by atoms with Crippen LogP contribution in [-0.2, 0) is 6.42 Å². The van der Waals surface area contributed by atoms with Crippen molar-refractivity contribution < 1.29 is 0 Å². The van der Waals surface area contributed by atoms with Crippen LogP contribution in [0.3, 0.4) is 0 Å². The molecule has 2 nitrogen and oxygen atoms in total. The third kappa shape index (κ3) is 3.14. The van der Waals surface area contributed by atoms with E-state index in [1.165, 1.54) is 0 Å². The molecule has 0 bridgehead atoms. The lowest BCUT2D eigenvalue weighted by Crippen LogP contribution is -2.06. The zero-order valence-corrected chi connectivity index (χ0v) is 10.2. The van der Waals surface area contributed by atoms with E-state index in [2.05, 4.69) is 5.32 Å². The normalized spacial score (nSPS) is 10.2. The fourth-order valence-corrected chi connectivity index (χ4v) is 1.90. The van der Waals surface area contributed by atoms with Crippen molar-refractivity contribution in [1.29, 1.82) is 0 Å². The molecule has 0 saturated heterocycles. The first kappa shape index (κ1) is 11.8. The topological polar surface area (TPSA) is 38.0 Å². The first-order valence-electron chi connectivity index (χ1n) is 5.59. The number of nitrogens with one attached hydrogen (secondary N) is 1. The van der Waals surface area contributed by atoms with Crippen LogP contribution in [0, 0.1) is 0 Å². The summed E-state index contributed by atoms with van der Waals surface area (Å²) >= 11 is 6.05. The molecule has 0 fully saturated rings. The van der Waals surface area contributed by atoms with E-state index in [-0.39, 0.29) is 0 Å². The highest BCUT2D eigenvalue weighted by Gasteiger charge is 1.99. The van der Waals surface area contributed by atoms with Crippen LogP contribution >= 0.6 is 11.6 Å². The van der Waals surface area contributed by atoms with Crippen molar-refractivity contribution in [2.24, 2.45) is 0 Å². The summed E-state index contributed by atoms with van der Waals surface area (Å²) in [4.78, 5) is 0. The van der Waals surface area contributed by atoms with Gasteiger partial charge in [-0.1, -0.05) is 41.9 Å². The van der Waals surface area contributed by atoms with Crippen molar-refractivity contribution in [2.45, 2.75) is 6.42 Å². The summed E-state index contributed by atoms with van der Waals surface area (Å²) in [6, 6.07) is 15.6. The SMILES string of the molecule is Nc1ccccc1CCNc1ccccc1Cl. The van der Waals surface area contributed by atoms with E-state index >= 15 is 0 Å². The maximum absolute atomic E-state index is 6.05. The van der Waals surface area contributed by atoms with Gasteiger partial charge in [0.15, 0.2) is 0 Å². The van der Waals surface area contributed by atoms with Gasteiger partial charge in [-0.2, -0.15) is 0 Å². The third-order valence-corrected chi connectivity index (χ3v) is 2.97. The molecule has 0 aliphatic heterocycles. The van der Waals surface area contributed by atoms with E-state index < -0.39 is 0 Å². The molecule has 0 aromatic heterocycles. The predicted molar refractivity (Wildman–Crippen MR) is 74.5 cm³/mol. The van der Waals surface area contributed by atoms with E-state index in [4.69, 9.17) is 17.3 Å². The smallest absolute Gasteiger partial charge is 0.0637 e. The molecular formula is C14H15ClN2. The maximum Gasteiger partial charge on any atom is 0.0637 e. The number of halogens is 1. The monoisotopic (exact) mass is 246 g/mol. The summed E-state index contributed by atoms with van der Waals surface area (Å²) in [6.07, 6.45) is 0.887. The van der Waals surface area contributed by atoms with Gasteiger partial charge in [0, 0.05) is 12.2 Å². The summed E-state index contributed by atoms with van der Waals surface area (Å²) < 4.78 is 0. The van der Waals surface area contributed by atoms with Gasteiger partial charge in [0.05, 0.1) is 10.7 Å². The van der Waals surface area contributed by atoms with Gasteiger partial charge in [0.2, 0.25) is 0 Å². The second kappa shape index (κ2) is 5.60. The molecule has 0 atom stereocenters. The van der Waals surface area contributed by atoms with Crippen LogP contribution in [0.15, 0.2) is 48.5 Å². The Labute approximate surface area is 106 Å². The predicted octanol–water partition coefficient (Wildman–Crippen LogP) is 3.58. The Balaban J connectivity index is 1.93. The van der Waals surface area contributed by atoms with Crippen molar-refractivity contribution in [1.82, 2.24) is 0 Å². The zero-order chi connectivity index (χ0) is 12.1. The first-order valence-corrected chi connectivity index (χ1v) is 5.97. The van der Waals surface area contributed by atoms with Crippen LogP contribution in [0.2, 0.25) is 5.02 Å². The lowest BCUT2D eigenvalue weighted by molar-refractivity contribution is 1.02. The molecule has 3 heteroatoms. The van der Waals surface area contributed by atoms with Gasteiger partial charge < -0.3 is 11.1 Å². The fraction of sp³-hybridized carbons (Fsp3) is 0.143. The average Bonchev–Trinajstić information content (AvgIpc) is 2.34. The van der Waals surface area contributed by atoms with Gasteiger partial charge >= 0.3 is 0 Å². The molecule has 2 aromatic carbocycles. The molecule has 17 heavy (non-hydrogen) atoms. The van der Waals surface area contributed by atoms with E-state index in [9.17, 15) is 0 Å². The molecule has 88 valence electrons. The van der Waals surface area contributed by atoms with Gasteiger partial charge in [-0.3, -0.25) is 0 Å².